The number of aliphatic hydroxyl groups excluding tert-OH is 1. The van der Waals surface area contributed by atoms with Crippen LogP contribution in [0.15, 0.2) is 64.3 Å². The highest BCUT2D eigenvalue weighted by Gasteiger charge is 2.36. The Morgan fingerprint density at radius 2 is 2.00 bits per heavy atom. The fourth-order valence-corrected chi connectivity index (χ4v) is 3.91. The average molecular weight is 468 g/mol. The molecule has 0 bridgehead atoms. The van der Waals surface area contributed by atoms with Crippen LogP contribution in [0, 0.1) is 12.7 Å². The number of rotatable bonds is 6. The van der Waals surface area contributed by atoms with Gasteiger partial charge in [0.15, 0.2) is 0 Å². The van der Waals surface area contributed by atoms with Crippen LogP contribution >= 0.6 is 0 Å². The van der Waals surface area contributed by atoms with Crippen LogP contribution in [-0.4, -0.2) is 39.4 Å². The highest BCUT2D eigenvalue weighted by Crippen LogP contribution is 2.29. The van der Waals surface area contributed by atoms with Gasteiger partial charge >= 0.3 is 11.7 Å². The van der Waals surface area contributed by atoms with Gasteiger partial charge < -0.3 is 14.6 Å². The molecule has 8 nitrogen and oxygen atoms in total. The molecule has 2 aromatic carbocycles. The number of aromatic amines is 1. The number of aromatic nitrogens is 2. The Kier molecular flexibility index (Phi) is 6.76. The summed E-state index contributed by atoms with van der Waals surface area (Å²) < 4.78 is 26.9. The number of nitrogens with zero attached hydrogens (tertiary/aromatic N) is 1. The van der Waals surface area contributed by atoms with Gasteiger partial charge in [0.1, 0.15) is 24.8 Å². The number of carbonyl (C=O) groups excluding carboxylic acids is 1. The number of halogens is 1. The number of benzene rings is 2. The molecule has 1 aliphatic heterocycles. The normalized spacial score (nSPS) is 20.8. The van der Waals surface area contributed by atoms with Crippen LogP contribution in [0.4, 0.5) is 4.39 Å². The molecular weight excluding hydrogens is 443 g/mol. The molecule has 1 aliphatic rings. The first kappa shape index (κ1) is 23.6. The number of H-pyrrole nitrogens is 1. The molecule has 0 amide bonds. The first-order valence-corrected chi connectivity index (χ1v) is 10.9. The minimum atomic E-state index is -0.977. The number of esters is 1. The van der Waals surface area contributed by atoms with Crippen molar-refractivity contribution in [2.24, 2.45) is 0 Å². The zero-order chi connectivity index (χ0) is 24.4. The van der Waals surface area contributed by atoms with Gasteiger partial charge in [-0.3, -0.25) is 19.1 Å². The van der Waals surface area contributed by atoms with Crippen LogP contribution in [0.2, 0.25) is 0 Å². The van der Waals surface area contributed by atoms with Gasteiger partial charge in [0.25, 0.3) is 5.56 Å². The minimum absolute atomic E-state index is 0.0926. The lowest BCUT2D eigenvalue weighted by Gasteiger charge is -2.18. The van der Waals surface area contributed by atoms with Gasteiger partial charge in [-0.05, 0) is 31.0 Å². The van der Waals surface area contributed by atoms with Crippen LogP contribution in [0.25, 0.3) is 11.1 Å². The van der Waals surface area contributed by atoms with Crippen molar-refractivity contribution in [1.82, 2.24) is 9.55 Å². The van der Waals surface area contributed by atoms with Crippen molar-refractivity contribution in [1.29, 1.82) is 0 Å². The number of aryl methyl sites for hydroxylation is 1. The van der Waals surface area contributed by atoms with Crippen molar-refractivity contribution >= 4 is 5.97 Å². The zero-order valence-electron chi connectivity index (χ0n) is 18.7. The van der Waals surface area contributed by atoms with E-state index in [1.807, 2.05) is 18.2 Å². The Morgan fingerprint density at radius 1 is 1.26 bits per heavy atom. The summed E-state index contributed by atoms with van der Waals surface area (Å²) in [6.07, 6.45) is -1.18. The third kappa shape index (κ3) is 4.85. The SMILES string of the molecule is Cc1cn([C@H]2C[C@H](O)[C@@H](COC(=O)[C@@H](C)c3ccc(-c4ccccc4)c(F)c3)O2)c(=O)[nH]c1=O. The lowest BCUT2D eigenvalue weighted by molar-refractivity contribution is -0.151. The molecule has 34 heavy (non-hydrogen) atoms. The maximum Gasteiger partial charge on any atom is 0.330 e. The molecule has 0 saturated carbocycles. The van der Waals surface area contributed by atoms with Crippen molar-refractivity contribution in [2.45, 2.75) is 44.6 Å². The number of hydrogen-bond donors (Lipinski definition) is 2. The topological polar surface area (TPSA) is 111 Å². The number of aliphatic hydroxyl groups is 1. The van der Waals surface area contributed by atoms with Crippen molar-refractivity contribution in [3.63, 3.8) is 0 Å². The van der Waals surface area contributed by atoms with Crippen molar-refractivity contribution in [3.8, 4) is 11.1 Å². The second kappa shape index (κ2) is 9.74. The molecule has 9 heteroatoms. The van der Waals surface area contributed by atoms with Crippen molar-refractivity contribution in [2.75, 3.05) is 6.61 Å². The fourth-order valence-electron chi connectivity index (χ4n) is 3.91. The van der Waals surface area contributed by atoms with E-state index in [1.165, 1.54) is 16.8 Å². The van der Waals surface area contributed by atoms with Crippen molar-refractivity contribution < 1.29 is 23.8 Å². The Morgan fingerprint density at radius 3 is 2.71 bits per heavy atom. The summed E-state index contributed by atoms with van der Waals surface area (Å²) in [7, 11) is 0. The van der Waals surface area contributed by atoms with Gasteiger partial charge in [-0.2, -0.15) is 0 Å². The molecule has 2 N–H and O–H groups in total. The van der Waals surface area contributed by atoms with E-state index in [9.17, 15) is 23.9 Å². The third-order valence-corrected chi connectivity index (χ3v) is 5.98. The van der Waals surface area contributed by atoms with E-state index in [1.54, 1.807) is 38.1 Å². The maximum absolute atomic E-state index is 14.7. The van der Waals surface area contributed by atoms with E-state index in [2.05, 4.69) is 4.98 Å². The van der Waals surface area contributed by atoms with Gasteiger partial charge in [0, 0.05) is 23.7 Å². The number of ether oxygens (including phenoxy) is 2. The lowest BCUT2D eigenvalue weighted by atomic mass is 9.97. The van der Waals surface area contributed by atoms with Gasteiger partial charge in [-0.25, -0.2) is 9.18 Å². The lowest BCUT2D eigenvalue weighted by Crippen LogP contribution is -2.33. The van der Waals surface area contributed by atoms with Crippen LogP contribution in [0.1, 0.15) is 36.6 Å². The summed E-state index contributed by atoms with van der Waals surface area (Å²) in [5, 5.41) is 10.3. The second-order valence-electron chi connectivity index (χ2n) is 8.37. The molecule has 178 valence electrons. The Hall–Kier alpha value is -3.56. The first-order chi connectivity index (χ1) is 16.2. The van der Waals surface area contributed by atoms with Gasteiger partial charge in [-0.1, -0.05) is 42.5 Å². The molecule has 0 radical (unpaired) electrons. The summed E-state index contributed by atoms with van der Waals surface area (Å²) in [5.41, 5.74) is 0.814. The van der Waals surface area contributed by atoms with Gasteiger partial charge in [0.2, 0.25) is 0 Å². The van der Waals surface area contributed by atoms with Gasteiger partial charge in [-0.15, -0.1) is 0 Å². The fraction of sp³-hybridized carbons (Fsp3) is 0.320. The monoisotopic (exact) mass is 468 g/mol. The van der Waals surface area contributed by atoms with Crippen molar-refractivity contribution in [3.05, 3.63) is 92.5 Å². The summed E-state index contributed by atoms with van der Waals surface area (Å²) in [4.78, 5) is 38.4. The largest absolute Gasteiger partial charge is 0.462 e. The standard InChI is InChI=1S/C25H25FN2O6/c1-14-12-28(25(32)27-23(14)30)22-11-20(29)21(34-22)13-33-24(31)15(2)17-8-9-18(19(26)10-17)16-6-4-3-5-7-16/h3-10,12,15,20-22,29H,11,13H2,1-2H3,(H,27,30,32)/t15-,20-,21+,22+/m0/s1. The molecule has 1 fully saturated rings. The average Bonchev–Trinajstić information content (AvgIpc) is 3.19. The summed E-state index contributed by atoms with van der Waals surface area (Å²) in [6.45, 7) is 2.93. The van der Waals surface area contributed by atoms with E-state index in [0.717, 1.165) is 5.56 Å². The van der Waals surface area contributed by atoms with E-state index in [-0.39, 0.29) is 13.0 Å². The number of hydrogen-bond acceptors (Lipinski definition) is 6. The summed E-state index contributed by atoms with van der Waals surface area (Å²) in [5.74, 6) is -1.77. The molecule has 1 aromatic heterocycles. The van der Waals surface area contributed by atoms with E-state index in [4.69, 9.17) is 9.47 Å². The molecule has 2 heterocycles. The van der Waals surface area contributed by atoms with E-state index < -0.39 is 47.4 Å². The summed E-state index contributed by atoms with van der Waals surface area (Å²) in [6, 6.07) is 13.7. The number of carbonyl (C=O) groups is 1. The Bertz CT molecular complexity index is 1300. The Labute approximate surface area is 194 Å². The van der Waals surface area contributed by atoms with Crippen LogP contribution in [0.3, 0.4) is 0 Å². The summed E-state index contributed by atoms with van der Waals surface area (Å²) >= 11 is 0. The van der Waals surface area contributed by atoms with E-state index in [0.29, 0.717) is 16.7 Å². The third-order valence-electron chi connectivity index (χ3n) is 5.98. The highest BCUT2D eigenvalue weighted by atomic mass is 19.1. The highest BCUT2D eigenvalue weighted by molar-refractivity contribution is 5.78. The quantitative estimate of drug-likeness (QED) is 0.538. The van der Waals surface area contributed by atoms with Crippen LogP contribution in [0.5, 0.6) is 0 Å². The molecule has 3 aromatic rings. The predicted octanol–water partition coefficient (Wildman–Crippen LogP) is 2.65. The molecule has 0 aliphatic carbocycles. The number of nitrogens with one attached hydrogen (secondary N) is 1. The molecule has 0 spiro atoms. The zero-order valence-corrected chi connectivity index (χ0v) is 18.7. The first-order valence-electron chi connectivity index (χ1n) is 10.9. The second-order valence-corrected chi connectivity index (χ2v) is 8.37. The van der Waals surface area contributed by atoms with Crippen LogP contribution < -0.4 is 11.2 Å². The molecular formula is C25H25FN2O6. The molecule has 4 atom stereocenters. The predicted molar refractivity (Wildman–Crippen MR) is 122 cm³/mol. The Balaban J connectivity index is 1.39. The van der Waals surface area contributed by atoms with Gasteiger partial charge in [0.05, 0.1) is 12.0 Å². The molecule has 1 saturated heterocycles. The van der Waals surface area contributed by atoms with Crippen LogP contribution in [-0.2, 0) is 14.3 Å². The minimum Gasteiger partial charge on any atom is -0.462 e. The maximum atomic E-state index is 14.7. The molecule has 4 rings (SSSR count). The smallest absolute Gasteiger partial charge is 0.330 e. The van der Waals surface area contributed by atoms with E-state index >= 15 is 0 Å². The molecule has 0 unspecified atom stereocenters.